The minimum Gasteiger partial charge on any atom is -0.313 e. The first kappa shape index (κ1) is 17.1. The largest absolute Gasteiger partial charge is 0.325 e. The van der Waals surface area contributed by atoms with Gasteiger partial charge in [-0.15, -0.1) is 21.5 Å². The molecule has 4 rings (SSSR count). The van der Waals surface area contributed by atoms with Gasteiger partial charge in [-0.2, -0.15) is 0 Å². The fourth-order valence-electron chi connectivity index (χ4n) is 2.90. The van der Waals surface area contributed by atoms with E-state index in [-0.39, 0.29) is 0 Å². The Morgan fingerprint density at radius 2 is 1.81 bits per heavy atom. The summed E-state index contributed by atoms with van der Waals surface area (Å²) in [5.41, 5.74) is 2.77. The maximum Gasteiger partial charge on any atom is 0.325 e. The topological polar surface area (TPSA) is 91.5 Å². The van der Waals surface area contributed by atoms with E-state index in [1.165, 1.54) is 11.8 Å². The molecule has 3 aromatic heterocycles. The highest BCUT2D eigenvalue weighted by Crippen LogP contribution is 2.28. The number of nitrogens with zero attached hydrogens (tertiary/aromatic N) is 2. The zero-order chi connectivity index (χ0) is 18.6. The van der Waals surface area contributed by atoms with E-state index in [0.29, 0.717) is 11.3 Å². The first-order valence-electron chi connectivity index (χ1n) is 8.47. The van der Waals surface area contributed by atoms with Crippen LogP contribution in [-0.4, -0.2) is 20.2 Å². The summed E-state index contributed by atoms with van der Waals surface area (Å²) in [4.78, 5) is 29.1. The van der Waals surface area contributed by atoms with Crippen LogP contribution in [0.15, 0.2) is 69.7 Å². The number of nitrogens with one attached hydrogen (secondary N) is 2. The van der Waals surface area contributed by atoms with E-state index in [9.17, 15) is 9.59 Å². The minimum absolute atomic E-state index is 0.292. The van der Waals surface area contributed by atoms with Gasteiger partial charge in [0.1, 0.15) is 11.4 Å². The molecule has 0 aliphatic carbocycles. The number of rotatable bonds is 5. The van der Waals surface area contributed by atoms with Gasteiger partial charge < -0.3 is 4.98 Å². The average molecular weight is 376 g/mol. The molecule has 0 amide bonds. The van der Waals surface area contributed by atoms with Gasteiger partial charge in [0.05, 0.1) is 10.4 Å². The predicted octanol–water partition coefficient (Wildman–Crippen LogP) is 3.03. The van der Waals surface area contributed by atoms with Gasteiger partial charge in [0.25, 0.3) is 5.56 Å². The average Bonchev–Trinajstić information content (AvgIpc) is 3.22. The Morgan fingerprint density at radius 1 is 0.963 bits per heavy atom. The van der Waals surface area contributed by atoms with Crippen molar-refractivity contribution in [2.75, 3.05) is 0 Å². The predicted molar refractivity (Wildman–Crippen MR) is 106 cm³/mol. The van der Waals surface area contributed by atoms with E-state index in [1.807, 2.05) is 41.8 Å². The van der Waals surface area contributed by atoms with Crippen molar-refractivity contribution in [2.45, 2.75) is 12.8 Å². The quantitative estimate of drug-likeness (QED) is 0.560. The molecule has 0 aliphatic rings. The molecule has 0 bridgehead atoms. The zero-order valence-electron chi connectivity index (χ0n) is 14.3. The maximum absolute atomic E-state index is 12.1. The molecule has 2 N–H and O–H groups in total. The first-order chi connectivity index (χ1) is 13.2. The Kier molecular flexibility index (Phi) is 4.76. The molecular weight excluding hydrogens is 360 g/mol. The van der Waals surface area contributed by atoms with E-state index in [1.54, 1.807) is 11.3 Å². The van der Waals surface area contributed by atoms with Gasteiger partial charge in [-0.1, -0.05) is 36.4 Å². The molecule has 134 valence electrons. The summed E-state index contributed by atoms with van der Waals surface area (Å²) in [5.74, 6) is 0. The third-order valence-corrected chi connectivity index (χ3v) is 5.13. The van der Waals surface area contributed by atoms with E-state index >= 15 is 0 Å². The van der Waals surface area contributed by atoms with Crippen molar-refractivity contribution in [1.29, 1.82) is 0 Å². The number of hydrogen-bond donors (Lipinski definition) is 2. The molecule has 0 saturated carbocycles. The normalized spacial score (nSPS) is 10.8. The number of aryl methyl sites for hydroxylation is 2. The number of thiophene rings is 1. The molecule has 3 heterocycles. The molecule has 4 aromatic rings. The summed E-state index contributed by atoms with van der Waals surface area (Å²) in [7, 11) is 0. The second-order valence-corrected chi connectivity index (χ2v) is 7.00. The van der Waals surface area contributed by atoms with Crippen molar-refractivity contribution in [3.05, 3.63) is 92.1 Å². The van der Waals surface area contributed by atoms with Gasteiger partial charge in [-0.05, 0) is 41.5 Å². The lowest BCUT2D eigenvalue weighted by atomic mass is 10.0. The second kappa shape index (κ2) is 7.51. The van der Waals surface area contributed by atoms with Crippen molar-refractivity contribution >= 4 is 11.3 Å². The molecule has 0 saturated heterocycles. The molecule has 6 nitrogen and oxygen atoms in total. The van der Waals surface area contributed by atoms with Crippen LogP contribution in [-0.2, 0) is 12.8 Å². The van der Waals surface area contributed by atoms with Crippen LogP contribution in [0.4, 0.5) is 0 Å². The molecule has 7 heteroatoms. The summed E-state index contributed by atoms with van der Waals surface area (Å²) in [6, 6.07) is 16.1. The second-order valence-electron chi connectivity index (χ2n) is 6.05. The fourth-order valence-corrected chi connectivity index (χ4v) is 3.64. The Labute approximate surface area is 158 Å². The molecule has 0 fully saturated rings. The molecule has 0 unspecified atom stereocenters. The van der Waals surface area contributed by atoms with Crippen molar-refractivity contribution in [1.82, 2.24) is 20.2 Å². The standard InChI is InChI=1S/C20H16N4O2S/c25-19-15(12-21-20(26)22-19)16-11-14(9-8-13-5-2-1-3-6-13)18(24-23-16)17-7-4-10-27-17/h1-7,10-12H,8-9H2,(H2,21,22,25,26). The van der Waals surface area contributed by atoms with Crippen molar-refractivity contribution in [3.63, 3.8) is 0 Å². The lowest BCUT2D eigenvalue weighted by Crippen LogP contribution is -2.23. The zero-order valence-corrected chi connectivity index (χ0v) is 15.1. The lowest BCUT2D eigenvalue weighted by Gasteiger charge is -2.09. The molecule has 27 heavy (non-hydrogen) atoms. The Hall–Kier alpha value is -3.32. The Bertz CT molecular complexity index is 1160. The summed E-state index contributed by atoms with van der Waals surface area (Å²) in [6.45, 7) is 0. The SMILES string of the molecule is O=c1[nH]cc(-c2cc(CCc3ccccc3)c(-c3cccs3)nn2)c(=O)[nH]1. The maximum atomic E-state index is 12.1. The molecular formula is C20H16N4O2S. The summed E-state index contributed by atoms with van der Waals surface area (Å²) < 4.78 is 0. The number of aromatic nitrogens is 4. The monoisotopic (exact) mass is 376 g/mol. The third-order valence-electron chi connectivity index (χ3n) is 4.25. The van der Waals surface area contributed by atoms with Crippen LogP contribution in [0.3, 0.4) is 0 Å². The smallest absolute Gasteiger partial charge is 0.313 e. The van der Waals surface area contributed by atoms with Gasteiger partial charge in [0.2, 0.25) is 0 Å². The number of aromatic amines is 2. The van der Waals surface area contributed by atoms with Crippen LogP contribution >= 0.6 is 11.3 Å². The van der Waals surface area contributed by atoms with Gasteiger partial charge in [-0.3, -0.25) is 9.78 Å². The van der Waals surface area contributed by atoms with Crippen molar-refractivity contribution in [3.8, 4) is 21.8 Å². The van der Waals surface area contributed by atoms with Gasteiger partial charge in [0, 0.05) is 6.20 Å². The van der Waals surface area contributed by atoms with Crippen LogP contribution in [0, 0.1) is 0 Å². The molecule has 1 aromatic carbocycles. The molecule has 0 atom stereocenters. The van der Waals surface area contributed by atoms with Gasteiger partial charge in [-0.25, -0.2) is 4.79 Å². The Balaban J connectivity index is 1.75. The number of H-pyrrole nitrogens is 2. The minimum atomic E-state index is -0.545. The van der Waals surface area contributed by atoms with E-state index < -0.39 is 11.2 Å². The van der Waals surface area contributed by atoms with E-state index in [4.69, 9.17) is 0 Å². The van der Waals surface area contributed by atoms with Gasteiger partial charge in [0.15, 0.2) is 0 Å². The highest BCUT2D eigenvalue weighted by atomic mass is 32.1. The fraction of sp³-hybridized carbons (Fsp3) is 0.100. The summed E-state index contributed by atoms with van der Waals surface area (Å²) in [5, 5.41) is 10.6. The van der Waals surface area contributed by atoms with E-state index in [0.717, 1.165) is 29.0 Å². The van der Waals surface area contributed by atoms with Crippen LogP contribution in [0.5, 0.6) is 0 Å². The third kappa shape index (κ3) is 3.78. The van der Waals surface area contributed by atoms with Gasteiger partial charge >= 0.3 is 5.69 Å². The molecule has 0 spiro atoms. The van der Waals surface area contributed by atoms with Crippen LogP contribution < -0.4 is 11.2 Å². The lowest BCUT2D eigenvalue weighted by molar-refractivity contribution is 0.925. The summed E-state index contributed by atoms with van der Waals surface area (Å²) >= 11 is 1.60. The summed E-state index contributed by atoms with van der Waals surface area (Å²) in [6.07, 6.45) is 2.99. The first-order valence-corrected chi connectivity index (χ1v) is 9.35. The highest BCUT2D eigenvalue weighted by Gasteiger charge is 2.14. The van der Waals surface area contributed by atoms with Crippen LogP contribution in [0.1, 0.15) is 11.1 Å². The molecule has 0 aliphatic heterocycles. The van der Waals surface area contributed by atoms with Crippen LogP contribution in [0.2, 0.25) is 0 Å². The van der Waals surface area contributed by atoms with Crippen LogP contribution in [0.25, 0.3) is 21.8 Å². The number of hydrogen-bond acceptors (Lipinski definition) is 5. The molecule has 0 radical (unpaired) electrons. The number of benzene rings is 1. The van der Waals surface area contributed by atoms with Crippen molar-refractivity contribution < 1.29 is 0 Å². The Morgan fingerprint density at radius 3 is 2.56 bits per heavy atom. The van der Waals surface area contributed by atoms with Crippen molar-refractivity contribution in [2.24, 2.45) is 0 Å². The van der Waals surface area contributed by atoms with E-state index in [2.05, 4.69) is 32.3 Å². The highest BCUT2D eigenvalue weighted by molar-refractivity contribution is 7.13.